The lowest BCUT2D eigenvalue weighted by molar-refractivity contribution is 0.672. The molecule has 2 heterocycles. The van der Waals surface area contributed by atoms with Crippen LogP contribution in [-0.4, -0.2) is 15.0 Å². The Kier molecular flexibility index (Phi) is 6.78. The molecule has 49 heavy (non-hydrogen) atoms. The average molecular weight is 627 g/mol. The Labute approximate surface area is 282 Å². The summed E-state index contributed by atoms with van der Waals surface area (Å²) in [5, 5.41) is 13.7. The van der Waals surface area contributed by atoms with Crippen LogP contribution >= 0.6 is 0 Å². The van der Waals surface area contributed by atoms with E-state index in [2.05, 4.69) is 72.8 Å². The lowest BCUT2D eigenvalue weighted by atomic mass is 9.94. The van der Waals surface area contributed by atoms with Gasteiger partial charge < -0.3 is 4.42 Å². The van der Waals surface area contributed by atoms with E-state index >= 15 is 0 Å². The highest BCUT2D eigenvalue weighted by Crippen LogP contribution is 2.41. The van der Waals surface area contributed by atoms with Crippen molar-refractivity contribution in [3.8, 4) is 62.5 Å². The van der Waals surface area contributed by atoms with Gasteiger partial charge in [0.25, 0.3) is 0 Å². The van der Waals surface area contributed by atoms with Crippen molar-refractivity contribution in [3.63, 3.8) is 0 Å². The van der Waals surface area contributed by atoms with Gasteiger partial charge in [0.15, 0.2) is 17.5 Å². The SMILES string of the molecule is N#Cc1cccc2oc3c4ccccc4c(-c4ccc(-c5nc(-c6ccccc6)nc(-c6cccc(-c7ccccc7)c6)n5)cc4)cc3c12. The second-order valence-electron chi connectivity index (χ2n) is 11.9. The zero-order chi connectivity index (χ0) is 32.7. The van der Waals surface area contributed by atoms with E-state index in [9.17, 15) is 5.26 Å². The fourth-order valence-electron chi connectivity index (χ4n) is 6.60. The first-order valence-electron chi connectivity index (χ1n) is 16.1. The van der Waals surface area contributed by atoms with Crippen molar-refractivity contribution in [3.05, 3.63) is 163 Å². The van der Waals surface area contributed by atoms with Crippen LogP contribution in [0.1, 0.15) is 5.56 Å². The molecule has 7 aromatic carbocycles. The molecule has 0 spiro atoms. The molecule has 0 fully saturated rings. The van der Waals surface area contributed by atoms with E-state index in [4.69, 9.17) is 19.4 Å². The van der Waals surface area contributed by atoms with Gasteiger partial charge in [0.1, 0.15) is 11.2 Å². The largest absolute Gasteiger partial charge is 0.455 e. The van der Waals surface area contributed by atoms with Gasteiger partial charge >= 0.3 is 0 Å². The molecule has 0 unspecified atom stereocenters. The fourth-order valence-corrected chi connectivity index (χ4v) is 6.60. The molecule has 0 amide bonds. The Balaban J connectivity index is 1.18. The van der Waals surface area contributed by atoms with Gasteiger partial charge in [0, 0.05) is 32.8 Å². The van der Waals surface area contributed by atoms with Gasteiger partial charge in [-0.3, -0.25) is 0 Å². The number of nitrogens with zero attached hydrogens (tertiary/aromatic N) is 4. The molecule has 0 aliphatic heterocycles. The van der Waals surface area contributed by atoms with E-state index in [0.29, 0.717) is 28.6 Å². The standard InChI is InChI=1S/C44H26N4O/c45-27-34-17-10-20-39-40(34)38-26-37(35-18-7-8-19-36(35)41(38)49-39)29-21-23-31(24-22-29)43-46-42(30-13-5-2-6-14-30)47-44(48-43)33-16-9-15-32(25-33)28-11-3-1-4-12-28/h1-26H. The Hall–Kier alpha value is -6.90. The summed E-state index contributed by atoms with van der Waals surface area (Å²) in [6.07, 6.45) is 0. The number of fused-ring (bicyclic) bond motifs is 5. The van der Waals surface area contributed by atoms with Gasteiger partial charge in [-0.15, -0.1) is 0 Å². The van der Waals surface area contributed by atoms with Crippen molar-refractivity contribution in [2.75, 3.05) is 0 Å². The number of furan rings is 1. The van der Waals surface area contributed by atoms with Crippen molar-refractivity contribution in [2.24, 2.45) is 0 Å². The summed E-state index contributed by atoms with van der Waals surface area (Å²) >= 11 is 0. The van der Waals surface area contributed by atoms with E-state index < -0.39 is 0 Å². The summed E-state index contributed by atoms with van der Waals surface area (Å²) in [5.41, 5.74) is 9.16. The quantitative estimate of drug-likeness (QED) is 0.190. The van der Waals surface area contributed by atoms with E-state index in [1.54, 1.807) is 0 Å². The molecule has 0 aliphatic carbocycles. The Morgan fingerprint density at radius 3 is 1.69 bits per heavy atom. The molecule has 9 aromatic rings. The predicted octanol–water partition coefficient (Wildman–Crippen LogP) is 11.1. The van der Waals surface area contributed by atoms with Gasteiger partial charge in [0.05, 0.1) is 11.6 Å². The van der Waals surface area contributed by atoms with E-state index in [0.717, 1.165) is 66.1 Å². The number of rotatable bonds is 5. The van der Waals surface area contributed by atoms with Crippen molar-refractivity contribution in [1.29, 1.82) is 5.26 Å². The lowest BCUT2D eigenvalue weighted by Gasteiger charge is -2.11. The molecule has 9 rings (SSSR count). The summed E-state index contributed by atoms with van der Waals surface area (Å²) in [6.45, 7) is 0. The minimum atomic E-state index is 0.598. The Bertz CT molecular complexity index is 2710. The van der Waals surface area contributed by atoms with Crippen molar-refractivity contribution in [1.82, 2.24) is 15.0 Å². The second-order valence-corrected chi connectivity index (χ2v) is 11.9. The van der Waals surface area contributed by atoms with Gasteiger partial charge in [-0.25, -0.2) is 15.0 Å². The van der Waals surface area contributed by atoms with Crippen molar-refractivity contribution >= 4 is 32.7 Å². The summed E-state index contributed by atoms with van der Waals surface area (Å²) in [7, 11) is 0. The van der Waals surface area contributed by atoms with Crippen molar-refractivity contribution < 1.29 is 4.42 Å². The Morgan fingerprint density at radius 1 is 0.429 bits per heavy atom. The highest BCUT2D eigenvalue weighted by molar-refractivity contribution is 6.20. The third-order valence-corrected chi connectivity index (χ3v) is 8.97. The third kappa shape index (κ3) is 5.00. The molecule has 0 bridgehead atoms. The summed E-state index contributed by atoms with van der Waals surface area (Å²) < 4.78 is 6.33. The highest BCUT2D eigenvalue weighted by atomic mass is 16.3. The molecule has 0 saturated carbocycles. The number of hydrogen-bond donors (Lipinski definition) is 0. The van der Waals surface area contributed by atoms with Gasteiger partial charge in [-0.1, -0.05) is 133 Å². The summed E-state index contributed by atoms with van der Waals surface area (Å²) in [5.74, 6) is 1.83. The molecule has 0 aliphatic rings. The lowest BCUT2D eigenvalue weighted by Crippen LogP contribution is -2.00. The maximum Gasteiger partial charge on any atom is 0.164 e. The molecule has 228 valence electrons. The van der Waals surface area contributed by atoms with Crippen LogP contribution < -0.4 is 0 Å². The molecular weight excluding hydrogens is 601 g/mol. The van der Waals surface area contributed by atoms with Crippen LogP contribution in [0.5, 0.6) is 0 Å². The maximum absolute atomic E-state index is 9.89. The molecule has 0 atom stereocenters. The predicted molar refractivity (Wildman–Crippen MR) is 197 cm³/mol. The van der Waals surface area contributed by atoms with Crippen LogP contribution in [0, 0.1) is 11.3 Å². The number of aromatic nitrogens is 3. The third-order valence-electron chi connectivity index (χ3n) is 8.97. The van der Waals surface area contributed by atoms with Gasteiger partial charge in [-0.05, 0) is 51.9 Å². The van der Waals surface area contributed by atoms with E-state index in [1.165, 1.54) is 0 Å². The van der Waals surface area contributed by atoms with Crippen LogP contribution in [0.25, 0.3) is 89.1 Å². The minimum absolute atomic E-state index is 0.598. The van der Waals surface area contributed by atoms with Crippen LogP contribution in [0.4, 0.5) is 0 Å². The van der Waals surface area contributed by atoms with E-state index in [-0.39, 0.29) is 0 Å². The first-order chi connectivity index (χ1) is 24.2. The molecule has 0 saturated heterocycles. The minimum Gasteiger partial charge on any atom is -0.455 e. The molecule has 0 radical (unpaired) electrons. The monoisotopic (exact) mass is 626 g/mol. The number of nitriles is 1. The van der Waals surface area contributed by atoms with Crippen LogP contribution in [0.2, 0.25) is 0 Å². The summed E-state index contributed by atoms with van der Waals surface area (Å²) in [6, 6.07) is 55.4. The fraction of sp³-hybridized carbons (Fsp3) is 0. The molecule has 2 aromatic heterocycles. The Morgan fingerprint density at radius 2 is 0.980 bits per heavy atom. The van der Waals surface area contributed by atoms with E-state index in [1.807, 2.05) is 91.0 Å². The second kappa shape index (κ2) is 11.7. The molecule has 5 nitrogen and oxygen atoms in total. The smallest absolute Gasteiger partial charge is 0.164 e. The van der Waals surface area contributed by atoms with Crippen LogP contribution in [-0.2, 0) is 0 Å². The maximum atomic E-state index is 9.89. The van der Waals surface area contributed by atoms with Crippen LogP contribution in [0.15, 0.2) is 162 Å². The zero-order valence-electron chi connectivity index (χ0n) is 26.2. The topological polar surface area (TPSA) is 75.6 Å². The van der Waals surface area contributed by atoms with Crippen LogP contribution in [0.3, 0.4) is 0 Å². The van der Waals surface area contributed by atoms with Gasteiger partial charge in [0.2, 0.25) is 0 Å². The first kappa shape index (κ1) is 28.3. The first-order valence-corrected chi connectivity index (χ1v) is 16.1. The number of benzene rings is 7. The summed E-state index contributed by atoms with van der Waals surface area (Å²) in [4.78, 5) is 14.9. The molecule has 0 N–H and O–H groups in total. The van der Waals surface area contributed by atoms with Crippen molar-refractivity contribution in [2.45, 2.75) is 0 Å². The molecular formula is C44H26N4O. The zero-order valence-corrected chi connectivity index (χ0v) is 26.2. The molecule has 5 heteroatoms. The van der Waals surface area contributed by atoms with Gasteiger partial charge in [-0.2, -0.15) is 5.26 Å². The normalized spacial score (nSPS) is 11.2. The average Bonchev–Trinajstić information content (AvgIpc) is 3.57. The number of hydrogen-bond acceptors (Lipinski definition) is 5. The highest BCUT2D eigenvalue weighted by Gasteiger charge is 2.18.